The molecular weight excluding hydrogens is 332 g/mol. The highest BCUT2D eigenvalue weighted by Crippen LogP contribution is 2.13. The van der Waals surface area contributed by atoms with Gasteiger partial charge in [0.15, 0.2) is 5.96 Å². The highest BCUT2D eigenvalue weighted by molar-refractivity contribution is 5.79. The van der Waals surface area contributed by atoms with Crippen LogP contribution >= 0.6 is 0 Å². The van der Waals surface area contributed by atoms with E-state index in [9.17, 15) is 4.79 Å². The van der Waals surface area contributed by atoms with Gasteiger partial charge in [0, 0.05) is 26.7 Å². The summed E-state index contributed by atoms with van der Waals surface area (Å²) in [7, 11) is 3.40. The van der Waals surface area contributed by atoms with Crippen molar-refractivity contribution >= 4 is 12.1 Å². The van der Waals surface area contributed by atoms with Gasteiger partial charge in [0.25, 0.3) is 0 Å². The molecule has 0 aromatic heterocycles. The van der Waals surface area contributed by atoms with Gasteiger partial charge in [-0.25, -0.2) is 4.79 Å². The largest absolute Gasteiger partial charge is 0.497 e. The minimum Gasteiger partial charge on any atom is -0.497 e. The number of nitrogens with one attached hydrogen (secondary N) is 3. The van der Waals surface area contributed by atoms with E-state index in [1.54, 1.807) is 14.2 Å². The number of ether oxygens (including phenoxy) is 2. The van der Waals surface area contributed by atoms with Crippen LogP contribution in [0.5, 0.6) is 5.75 Å². The van der Waals surface area contributed by atoms with Crippen molar-refractivity contribution in [1.29, 1.82) is 0 Å². The Hall–Kier alpha value is -2.44. The number of rotatable bonds is 8. The maximum atomic E-state index is 11.5. The van der Waals surface area contributed by atoms with E-state index in [1.165, 1.54) is 5.56 Å². The number of aryl methyl sites for hydroxylation is 1. The van der Waals surface area contributed by atoms with Crippen LogP contribution in [0, 0.1) is 0 Å². The zero-order valence-electron chi connectivity index (χ0n) is 16.5. The van der Waals surface area contributed by atoms with Crippen molar-refractivity contribution < 1.29 is 14.3 Å². The second-order valence-electron chi connectivity index (χ2n) is 6.81. The van der Waals surface area contributed by atoms with Gasteiger partial charge >= 0.3 is 6.09 Å². The lowest BCUT2D eigenvalue weighted by Gasteiger charge is -2.19. The lowest BCUT2D eigenvalue weighted by molar-refractivity contribution is 0.0529. The standard InChI is InChI=1S/C19H32N4O3/c1-19(2,3)26-18(24)23-13-12-22-17(20-4)21-11-7-9-15-8-6-10-16(14-15)25-5/h6,8,10,14H,7,9,11-13H2,1-5H3,(H,23,24)(H2,20,21,22). The van der Waals surface area contributed by atoms with Crippen molar-refractivity contribution in [3.63, 3.8) is 0 Å². The summed E-state index contributed by atoms with van der Waals surface area (Å²) in [6.45, 7) is 7.33. The van der Waals surface area contributed by atoms with E-state index in [1.807, 2.05) is 32.9 Å². The van der Waals surface area contributed by atoms with Gasteiger partial charge in [-0.15, -0.1) is 0 Å². The van der Waals surface area contributed by atoms with Crippen LogP contribution in [0.4, 0.5) is 4.79 Å². The van der Waals surface area contributed by atoms with E-state index in [-0.39, 0.29) is 0 Å². The molecule has 0 atom stereocenters. The number of methoxy groups -OCH3 is 1. The number of benzene rings is 1. The van der Waals surface area contributed by atoms with Gasteiger partial charge in [-0.05, 0) is 51.3 Å². The smallest absolute Gasteiger partial charge is 0.407 e. The Morgan fingerprint density at radius 2 is 1.81 bits per heavy atom. The summed E-state index contributed by atoms with van der Waals surface area (Å²) < 4.78 is 10.4. The summed E-state index contributed by atoms with van der Waals surface area (Å²) in [6, 6.07) is 8.09. The summed E-state index contributed by atoms with van der Waals surface area (Å²) in [5.41, 5.74) is 0.758. The molecule has 0 bridgehead atoms. The molecule has 0 unspecified atom stereocenters. The lowest BCUT2D eigenvalue weighted by atomic mass is 10.1. The number of hydrogen-bond acceptors (Lipinski definition) is 4. The minimum atomic E-state index is -0.488. The molecule has 0 saturated carbocycles. The van der Waals surface area contributed by atoms with E-state index in [2.05, 4.69) is 33.1 Å². The Morgan fingerprint density at radius 3 is 2.46 bits per heavy atom. The van der Waals surface area contributed by atoms with E-state index < -0.39 is 11.7 Å². The van der Waals surface area contributed by atoms with Gasteiger partial charge in [0.2, 0.25) is 0 Å². The minimum absolute atomic E-state index is 0.416. The molecule has 26 heavy (non-hydrogen) atoms. The predicted molar refractivity (Wildman–Crippen MR) is 105 cm³/mol. The number of aliphatic imine (C=N–C) groups is 1. The van der Waals surface area contributed by atoms with Crippen molar-refractivity contribution in [3.8, 4) is 5.75 Å². The molecule has 1 aromatic carbocycles. The van der Waals surface area contributed by atoms with E-state index in [0.29, 0.717) is 19.0 Å². The van der Waals surface area contributed by atoms with E-state index >= 15 is 0 Å². The van der Waals surface area contributed by atoms with Gasteiger partial charge in [-0.3, -0.25) is 4.99 Å². The fraction of sp³-hybridized carbons (Fsp3) is 0.579. The van der Waals surface area contributed by atoms with Gasteiger partial charge < -0.3 is 25.4 Å². The third kappa shape index (κ3) is 9.76. The molecule has 0 heterocycles. The molecule has 0 spiro atoms. The molecule has 7 nitrogen and oxygen atoms in total. The van der Waals surface area contributed by atoms with Crippen molar-refractivity contribution in [2.24, 2.45) is 4.99 Å². The van der Waals surface area contributed by atoms with E-state index in [0.717, 1.165) is 25.1 Å². The SMILES string of the molecule is CN=C(NCCCc1cccc(OC)c1)NCCNC(=O)OC(C)(C)C. The average Bonchev–Trinajstić information content (AvgIpc) is 2.59. The molecule has 3 N–H and O–H groups in total. The van der Waals surface area contributed by atoms with Crippen LogP contribution in [-0.4, -0.2) is 51.4 Å². The molecular formula is C19H32N4O3. The van der Waals surface area contributed by atoms with Crippen LogP contribution in [0.3, 0.4) is 0 Å². The third-order valence-electron chi connectivity index (χ3n) is 3.38. The molecule has 1 amide bonds. The highest BCUT2D eigenvalue weighted by Gasteiger charge is 2.15. The zero-order valence-corrected chi connectivity index (χ0v) is 16.5. The van der Waals surface area contributed by atoms with Crippen LogP contribution < -0.4 is 20.7 Å². The Bertz CT molecular complexity index is 582. The molecule has 146 valence electrons. The number of carbonyl (C=O) groups excluding carboxylic acids is 1. The Balaban J connectivity index is 2.18. The van der Waals surface area contributed by atoms with Crippen molar-refractivity contribution in [3.05, 3.63) is 29.8 Å². The Morgan fingerprint density at radius 1 is 1.12 bits per heavy atom. The Kier molecular flexibility index (Phi) is 9.33. The van der Waals surface area contributed by atoms with Gasteiger partial charge in [-0.2, -0.15) is 0 Å². The molecule has 0 fully saturated rings. The molecule has 7 heteroatoms. The van der Waals surface area contributed by atoms with Crippen molar-refractivity contribution in [2.75, 3.05) is 33.8 Å². The monoisotopic (exact) mass is 364 g/mol. The predicted octanol–water partition coefficient (Wildman–Crippen LogP) is 2.32. The number of amides is 1. The normalized spacial score (nSPS) is 11.7. The first-order valence-electron chi connectivity index (χ1n) is 8.88. The second-order valence-corrected chi connectivity index (χ2v) is 6.81. The summed E-state index contributed by atoms with van der Waals surface area (Å²) in [5.74, 6) is 1.59. The summed E-state index contributed by atoms with van der Waals surface area (Å²) in [5, 5.41) is 9.11. The van der Waals surface area contributed by atoms with Crippen molar-refractivity contribution in [2.45, 2.75) is 39.2 Å². The van der Waals surface area contributed by atoms with Crippen LogP contribution in [0.2, 0.25) is 0 Å². The summed E-state index contributed by atoms with van der Waals surface area (Å²) in [6.07, 6.45) is 1.52. The molecule has 0 radical (unpaired) electrons. The van der Waals surface area contributed by atoms with E-state index in [4.69, 9.17) is 9.47 Å². The number of guanidine groups is 1. The molecule has 0 aliphatic carbocycles. The molecule has 0 aliphatic heterocycles. The van der Waals surface area contributed by atoms with Crippen LogP contribution in [0.25, 0.3) is 0 Å². The van der Waals surface area contributed by atoms with Gasteiger partial charge in [0.05, 0.1) is 7.11 Å². The molecule has 0 aliphatic rings. The van der Waals surface area contributed by atoms with Gasteiger partial charge in [-0.1, -0.05) is 12.1 Å². The quantitative estimate of drug-likeness (QED) is 0.375. The van der Waals surface area contributed by atoms with Gasteiger partial charge in [0.1, 0.15) is 11.4 Å². The van der Waals surface area contributed by atoms with Crippen LogP contribution in [0.1, 0.15) is 32.8 Å². The Labute approximate surface area is 156 Å². The third-order valence-corrected chi connectivity index (χ3v) is 3.38. The molecule has 1 aromatic rings. The van der Waals surface area contributed by atoms with Crippen LogP contribution in [-0.2, 0) is 11.2 Å². The maximum Gasteiger partial charge on any atom is 0.407 e. The number of nitrogens with zero attached hydrogens (tertiary/aromatic N) is 1. The summed E-state index contributed by atoms with van der Waals surface area (Å²) >= 11 is 0. The first-order valence-corrected chi connectivity index (χ1v) is 8.88. The highest BCUT2D eigenvalue weighted by atomic mass is 16.6. The van der Waals surface area contributed by atoms with Crippen molar-refractivity contribution in [1.82, 2.24) is 16.0 Å². The number of alkyl carbamates (subject to hydrolysis) is 1. The van der Waals surface area contributed by atoms with Crippen LogP contribution in [0.15, 0.2) is 29.3 Å². The average molecular weight is 364 g/mol. The first kappa shape index (κ1) is 21.6. The fourth-order valence-electron chi connectivity index (χ4n) is 2.21. The molecule has 0 saturated heterocycles. The lowest BCUT2D eigenvalue weighted by Crippen LogP contribution is -2.42. The fourth-order valence-corrected chi connectivity index (χ4v) is 2.21. The first-order chi connectivity index (χ1) is 12.3. The summed E-state index contributed by atoms with van der Waals surface area (Å²) in [4.78, 5) is 15.7. The number of carbonyl (C=O) groups is 1. The zero-order chi connectivity index (χ0) is 19.4. The second kappa shape index (κ2) is 11.2. The number of hydrogen-bond donors (Lipinski definition) is 3. The molecule has 1 rings (SSSR count). The topological polar surface area (TPSA) is 84.0 Å². The maximum absolute atomic E-state index is 11.5.